The lowest BCUT2D eigenvalue weighted by Crippen LogP contribution is -2.41. The van der Waals surface area contributed by atoms with Gasteiger partial charge in [0.2, 0.25) is 5.91 Å². The zero-order chi connectivity index (χ0) is 19.4. The molecule has 3 rings (SSSR count). The summed E-state index contributed by atoms with van der Waals surface area (Å²) in [6.07, 6.45) is 0.451. The summed E-state index contributed by atoms with van der Waals surface area (Å²) in [4.78, 5) is 26.0. The van der Waals surface area contributed by atoms with Gasteiger partial charge in [-0.3, -0.25) is 9.59 Å². The van der Waals surface area contributed by atoms with Crippen LogP contribution < -0.4 is 5.73 Å². The van der Waals surface area contributed by atoms with Gasteiger partial charge in [-0.15, -0.1) is 0 Å². The van der Waals surface area contributed by atoms with Gasteiger partial charge < -0.3 is 10.6 Å². The van der Waals surface area contributed by atoms with Crippen LogP contribution in [0.1, 0.15) is 22.3 Å². The van der Waals surface area contributed by atoms with Crippen LogP contribution in [-0.2, 0) is 11.2 Å². The first-order chi connectivity index (χ1) is 12.9. The SMILES string of the molecule is CN(C(=O)c1ccc2ccccc2c1)[C@H](CC(N)=O)Cc1ccc(F)cc1. The zero-order valence-electron chi connectivity index (χ0n) is 15.1. The molecule has 138 valence electrons. The van der Waals surface area contributed by atoms with Crippen LogP contribution in [0.5, 0.6) is 0 Å². The van der Waals surface area contributed by atoms with Crippen LogP contribution in [0.2, 0.25) is 0 Å². The van der Waals surface area contributed by atoms with E-state index in [0.29, 0.717) is 12.0 Å². The molecule has 0 radical (unpaired) electrons. The van der Waals surface area contributed by atoms with Crippen molar-refractivity contribution < 1.29 is 14.0 Å². The van der Waals surface area contributed by atoms with Gasteiger partial charge in [0, 0.05) is 25.1 Å². The molecule has 4 nitrogen and oxygen atoms in total. The predicted molar refractivity (Wildman–Crippen MR) is 104 cm³/mol. The molecule has 0 unspecified atom stereocenters. The second-order valence-corrected chi connectivity index (χ2v) is 6.63. The van der Waals surface area contributed by atoms with Crippen LogP contribution in [0.3, 0.4) is 0 Å². The minimum absolute atomic E-state index is 0.0349. The topological polar surface area (TPSA) is 63.4 Å². The second-order valence-electron chi connectivity index (χ2n) is 6.63. The number of primary amides is 1. The number of hydrogen-bond acceptors (Lipinski definition) is 2. The zero-order valence-corrected chi connectivity index (χ0v) is 15.1. The number of nitrogens with zero attached hydrogens (tertiary/aromatic N) is 1. The summed E-state index contributed by atoms with van der Waals surface area (Å²) < 4.78 is 13.1. The summed E-state index contributed by atoms with van der Waals surface area (Å²) in [5, 5.41) is 2.03. The van der Waals surface area contributed by atoms with Crippen LogP contribution in [0, 0.1) is 5.82 Å². The number of rotatable bonds is 6. The molecule has 27 heavy (non-hydrogen) atoms. The average molecular weight is 364 g/mol. The molecule has 0 aliphatic rings. The number of fused-ring (bicyclic) bond motifs is 1. The maximum absolute atomic E-state index is 13.1. The van der Waals surface area contributed by atoms with E-state index in [2.05, 4.69) is 0 Å². The third-order valence-corrected chi connectivity index (χ3v) is 4.69. The van der Waals surface area contributed by atoms with E-state index in [1.165, 1.54) is 17.0 Å². The number of carbonyl (C=O) groups excluding carboxylic acids is 2. The molecule has 0 saturated carbocycles. The van der Waals surface area contributed by atoms with Gasteiger partial charge in [0.1, 0.15) is 5.82 Å². The molecule has 2 N–H and O–H groups in total. The van der Waals surface area contributed by atoms with Crippen molar-refractivity contribution in [2.45, 2.75) is 18.9 Å². The molecular weight excluding hydrogens is 343 g/mol. The molecule has 3 aromatic rings. The van der Waals surface area contributed by atoms with Crippen molar-refractivity contribution in [3.8, 4) is 0 Å². The normalized spacial score (nSPS) is 11.9. The van der Waals surface area contributed by atoms with E-state index in [0.717, 1.165) is 16.3 Å². The number of likely N-dealkylation sites (N-methyl/N-ethyl adjacent to an activating group) is 1. The lowest BCUT2D eigenvalue weighted by molar-refractivity contribution is -0.118. The Morgan fingerprint density at radius 3 is 2.33 bits per heavy atom. The summed E-state index contributed by atoms with van der Waals surface area (Å²) in [5.74, 6) is -1.000. The third kappa shape index (κ3) is 4.50. The number of hydrogen-bond donors (Lipinski definition) is 1. The molecule has 0 aliphatic heterocycles. The molecule has 0 fully saturated rings. The minimum Gasteiger partial charge on any atom is -0.370 e. The lowest BCUT2D eigenvalue weighted by Gasteiger charge is -2.28. The van der Waals surface area contributed by atoms with E-state index in [1.54, 1.807) is 25.2 Å². The van der Waals surface area contributed by atoms with Crippen molar-refractivity contribution in [3.63, 3.8) is 0 Å². The highest BCUT2D eigenvalue weighted by Gasteiger charge is 2.23. The monoisotopic (exact) mass is 364 g/mol. The Bertz CT molecular complexity index is 969. The van der Waals surface area contributed by atoms with Gasteiger partial charge in [0.05, 0.1) is 0 Å². The van der Waals surface area contributed by atoms with Crippen LogP contribution in [-0.4, -0.2) is 29.8 Å². The van der Waals surface area contributed by atoms with Gasteiger partial charge in [-0.05, 0) is 47.0 Å². The molecule has 0 aromatic heterocycles. The average Bonchev–Trinajstić information content (AvgIpc) is 2.67. The maximum atomic E-state index is 13.1. The van der Waals surface area contributed by atoms with Crippen molar-refractivity contribution in [1.82, 2.24) is 4.90 Å². The van der Waals surface area contributed by atoms with Crippen LogP contribution in [0.15, 0.2) is 66.7 Å². The molecule has 0 heterocycles. The van der Waals surface area contributed by atoms with Crippen LogP contribution >= 0.6 is 0 Å². The minimum atomic E-state index is -0.486. The second kappa shape index (κ2) is 7.99. The predicted octanol–water partition coefficient (Wildman–Crippen LogP) is 3.54. The highest BCUT2D eigenvalue weighted by Crippen LogP contribution is 2.19. The van der Waals surface area contributed by atoms with E-state index in [9.17, 15) is 14.0 Å². The fourth-order valence-corrected chi connectivity index (χ4v) is 3.16. The summed E-state index contributed by atoms with van der Waals surface area (Å²) in [7, 11) is 1.66. The van der Waals surface area contributed by atoms with Crippen molar-refractivity contribution in [2.75, 3.05) is 7.05 Å². The van der Waals surface area contributed by atoms with Crippen molar-refractivity contribution in [3.05, 3.63) is 83.7 Å². The largest absolute Gasteiger partial charge is 0.370 e. The molecule has 0 aliphatic carbocycles. The van der Waals surface area contributed by atoms with Gasteiger partial charge in [-0.1, -0.05) is 42.5 Å². The van der Waals surface area contributed by atoms with E-state index in [4.69, 9.17) is 5.73 Å². The molecule has 0 spiro atoms. The van der Waals surface area contributed by atoms with E-state index in [-0.39, 0.29) is 18.1 Å². The van der Waals surface area contributed by atoms with Crippen molar-refractivity contribution in [2.24, 2.45) is 5.73 Å². The van der Waals surface area contributed by atoms with E-state index in [1.807, 2.05) is 36.4 Å². The van der Waals surface area contributed by atoms with Gasteiger partial charge in [-0.2, -0.15) is 0 Å². The van der Waals surface area contributed by atoms with Gasteiger partial charge in [-0.25, -0.2) is 4.39 Å². The summed E-state index contributed by atoms with van der Waals surface area (Å²) >= 11 is 0. The summed E-state index contributed by atoms with van der Waals surface area (Å²) in [6.45, 7) is 0. The molecular formula is C22H21FN2O2. The molecule has 2 amide bonds. The Balaban J connectivity index is 1.84. The smallest absolute Gasteiger partial charge is 0.253 e. The molecule has 5 heteroatoms. The van der Waals surface area contributed by atoms with Crippen LogP contribution in [0.4, 0.5) is 4.39 Å². The molecule has 0 bridgehead atoms. The van der Waals surface area contributed by atoms with Crippen molar-refractivity contribution >= 4 is 22.6 Å². The standard InChI is InChI=1S/C22H21FN2O2/c1-25(20(14-21(24)26)12-15-6-10-19(23)11-7-15)22(27)18-9-8-16-4-2-3-5-17(16)13-18/h2-11,13,20H,12,14H2,1H3,(H2,24,26)/t20-/m0/s1. The van der Waals surface area contributed by atoms with E-state index >= 15 is 0 Å². The summed E-state index contributed by atoms with van der Waals surface area (Å²) in [6, 6.07) is 18.9. The molecule has 1 atom stereocenters. The Labute approximate surface area is 157 Å². The number of halogens is 1. The Morgan fingerprint density at radius 2 is 1.67 bits per heavy atom. The number of carbonyl (C=O) groups is 2. The lowest BCUT2D eigenvalue weighted by atomic mass is 10.00. The number of nitrogens with two attached hydrogens (primary N) is 1. The van der Waals surface area contributed by atoms with Gasteiger partial charge in [0.15, 0.2) is 0 Å². The number of benzene rings is 3. The highest BCUT2D eigenvalue weighted by atomic mass is 19.1. The third-order valence-electron chi connectivity index (χ3n) is 4.69. The van der Waals surface area contributed by atoms with Crippen LogP contribution in [0.25, 0.3) is 10.8 Å². The highest BCUT2D eigenvalue weighted by molar-refractivity contribution is 5.98. The fourth-order valence-electron chi connectivity index (χ4n) is 3.16. The van der Waals surface area contributed by atoms with Gasteiger partial charge in [0.25, 0.3) is 5.91 Å². The maximum Gasteiger partial charge on any atom is 0.253 e. The number of amides is 2. The first kappa shape index (κ1) is 18.6. The first-order valence-electron chi connectivity index (χ1n) is 8.73. The Hall–Kier alpha value is -3.21. The van der Waals surface area contributed by atoms with Crippen molar-refractivity contribution in [1.29, 1.82) is 0 Å². The fraction of sp³-hybridized carbons (Fsp3) is 0.182. The Kier molecular flexibility index (Phi) is 5.50. The quantitative estimate of drug-likeness (QED) is 0.727. The Morgan fingerprint density at radius 1 is 1.00 bits per heavy atom. The first-order valence-corrected chi connectivity index (χ1v) is 8.73. The summed E-state index contributed by atoms with van der Waals surface area (Å²) in [5.41, 5.74) is 6.77. The van der Waals surface area contributed by atoms with Gasteiger partial charge >= 0.3 is 0 Å². The molecule has 0 saturated heterocycles. The van der Waals surface area contributed by atoms with E-state index < -0.39 is 11.9 Å². The molecule has 3 aromatic carbocycles.